The Morgan fingerprint density at radius 1 is 1.44 bits per heavy atom. The van der Waals surface area contributed by atoms with Gasteiger partial charge in [-0.25, -0.2) is 4.79 Å². The van der Waals surface area contributed by atoms with Crippen LogP contribution in [0.5, 0.6) is 0 Å². The summed E-state index contributed by atoms with van der Waals surface area (Å²) in [5, 5.41) is 2.69. The number of amides is 1. The fraction of sp³-hybridized carbons (Fsp3) is 0.417. The van der Waals surface area contributed by atoms with Crippen molar-refractivity contribution in [2.45, 2.75) is 20.8 Å². The monoisotopic (exact) mass is 285 g/mol. The lowest BCUT2D eigenvalue weighted by atomic mass is 10.2. The van der Waals surface area contributed by atoms with Gasteiger partial charge in [0.25, 0.3) is 0 Å². The lowest BCUT2D eigenvalue weighted by molar-refractivity contribution is 0.147. The van der Waals surface area contributed by atoms with Crippen LogP contribution in [0.15, 0.2) is 22.7 Å². The first-order valence-electron chi connectivity index (χ1n) is 5.18. The number of carbonyl (C=O) groups is 1. The predicted octanol–water partition coefficient (Wildman–Crippen LogP) is 3.96. The SMILES string of the molecule is Cc1cc(Br)cc(NC(=O)OCC(C)C)c1. The number of halogens is 1. The molecule has 3 nitrogen and oxygen atoms in total. The second-order valence-corrected chi connectivity index (χ2v) is 5.05. The molecule has 1 aromatic rings. The van der Waals surface area contributed by atoms with Gasteiger partial charge in [-0.1, -0.05) is 29.8 Å². The molecular formula is C12H16BrNO2. The highest BCUT2D eigenvalue weighted by Crippen LogP contribution is 2.19. The summed E-state index contributed by atoms with van der Waals surface area (Å²) >= 11 is 3.37. The van der Waals surface area contributed by atoms with Crippen LogP contribution in [-0.2, 0) is 4.74 Å². The minimum Gasteiger partial charge on any atom is -0.449 e. The van der Waals surface area contributed by atoms with Crippen LogP contribution >= 0.6 is 15.9 Å². The summed E-state index contributed by atoms with van der Waals surface area (Å²) in [6.45, 7) is 6.39. The Hall–Kier alpha value is -1.03. The molecule has 0 heterocycles. The molecule has 16 heavy (non-hydrogen) atoms. The van der Waals surface area contributed by atoms with E-state index in [0.29, 0.717) is 12.5 Å². The number of carbonyl (C=O) groups excluding carboxylic acids is 1. The van der Waals surface area contributed by atoms with Crippen LogP contribution in [0.3, 0.4) is 0 Å². The smallest absolute Gasteiger partial charge is 0.411 e. The Morgan fingerprint density at radius 2 is 2.12 bits per heavy atom. The average Bonchev–Trinajstić information content (AvgIpc) is 2.12. The number of benzene rings is 1. The van der Waals surface area contributed by atoms with Gasteiger partial charge in [0.2, 0.25) is 0 Å². The molecule has 0 spiro atoms. The minimum atomic E-state index is -0.411. The third-order valence-corrected chi connectivity index (χ3v) is 2.29. The topological polar surface area (TPSA) is 38.3 Å². The van der Waals surface area contributed by atoms with E-state index in [1.165, 1.54) is 0 Å². The molecule has 1 rings (SSSR count). The Bertz CT molecular complexity index is 357. The molecule has 0 atom stereocenters. The van der Waals surface area contributed by atoms with Crippen LogP contribution in [0.1, 0.15) is 19.4 Å². The quantitative estimate of drug-likeness (QED) is 0.913. The van der Waals surface area contributed by atoms with E-state index in [9.17, 15) is 4.79 Å². The number of aryl methyl sites for hydroxylation is 1. The van der Waals surface area contributed by atoms with Crippen molar-refractivity contribution >= 4 is 27.7 Å². The van der Waals surface area contributed by atoms with Crippen LogP contribution in [0, 0.1) is 12.8 Å². The Balaban J connectivity index is 2.56. The van der Waals surface area contributed by atoms with Crippen molar-refractivity contribution < 1.29 is 9.53 Å². The molecule has 88 valence electrons. The molecule has 0 radical (unpaired) electrons. The molecule has 0 aliphatic carbocycles. The number of hydrogen-bond acceptors (Lipinski definition) is 2. The number of ether oxygens (including phenoxy) is 1. The van der Waals surface area contributed by atoms with E-state index in [4.69, 9.17) is 4.74 Å². The molecule has 0 saturated heterocycles. The van der Waals surface area contributed by atoms with Crippen molar-refractivity contribution in [3.63, 3.8) is 0 Å². The summed E-state index contributed by atoms with van der Waals surface area (Å²) < 4.78 is 5.96. The molecular weight excluding hydrogens is 270 g/mol. The lowest BCUT2D eigenvalue weighted by Gasteiger charge is -2.09. The van der Waals surface area contributed by atoms with Gasteiger partial charge in [0.05, 0.1) is 6.61 Å². The maximum atomic E-state index is 11.4. The average molecular weight is 286 g/mol. The van der Waals surface area contributed by atoms with E-state index in [0.717, 1.165) is 15.7 Å². The zero-order chi connectivity index (χ0) is 12.1. The van der Waals surface area contributed by atoms with E-state index in [1.807, 2.05) is 39.0 Å². The molecule has 0 aliphatic rings. The van der Waals surface area contributed by atoms with Crippen LogP contribution in [0.25, 0.3) is 0 Å². The molecule has 1 aromatic carbocycles. The van der Waals surface area contributed by atoms with Crippen molar-refractivity contribution in [1.29, 1.82) is 0 Å². The van der Waals surface area contributed by atoms with E-state index in [-0.39, 0.29) is 0 Å². The molecule has 0 bridgehead atoms. The molecule has 4 heteroatoms. The van der Waals surface area contributed by atoms with E-state index < -0.39 is 6.09 Å². The third-order valence-electron chi connectivity index (χ3n) is 1.84. The Kier molecular flexibility index (Phi) is 4.80. The predicted molar refractivity (Wildman–Crippen MR) is 68.7 cm³/mol. The fourth-order valence-electron chi connectivity index (χ4n) is 1.20. The zero-order valence-electron chi connectivity index (χ0n) is 9.71. The standard InChI is InChI=1S/C12H16BrNO2/c1-8(2)7-16-12(15)14-11-5-9(3)4-10(13)6-11/h4-6,8H,7H2,1-3H3,(H,14,15). The van der Waals surface area contributed by atoms with Crippen LogP contribution in [0.4, 0.5) is 10.5 Å². The molecule has 0 fully saturated rings. The van der Waals surface area contributed by atoms with Crippen molar-refractivity contribution in [2.24, 2.45) is 5.92 Å². The van der Waals surface area contributed by atoms with Gasteiger partial charge in [-0.2, -0.15) is 0 Å². The highest BCUT2D eigenvalue weighted by molar-refractivity contribution is 9.10. The van der Waals surface area contributed by atoms with Gasteiger partial charge in [-0.05, 0) is 36.6 Å². The van der Waals surface area contributed by atoms with E-state index >= 15 is 0 Å². The molecule has 0 unspecified atom stereocenters. The summed E-state index contributed by atoms with van der Waals surface area (Å²) in [7, 11) is 0. The Labute approximate surface area is 104 Å². The van der Waals surface area contributed by atoms with Crippen molar-refractivity contribution in [2.75, 3.05) is 11.9 Å². The molecule has 0 aliphatic heterocycles. The van der Waals surface area contributed by atoms with Crippen LogP contribution in [0.2, 0.25) is 0 Å². The normalized spacial score (nSPS) is 10.3. The third kappa shape index (κ3) is 4.66. The first-order valence-corrected chi connectivity index (χ1v) is 5.97. The number of rotatable bonds is 3. The highest BCUT2D eigenvalue weighted by atomic mass is 79.9. The van der Waals surface area contributed by atoms with Gasteiger partial charge in [0.15, 0.2) is 0 Å². The first-order chi connectivity index (χ1) is 7.47. The lowest BCUT2D eigenvalue weighted by Crippen LogP contribution is -2.16. The first kappa shape index (κ1) is 13.0. The van der Waals surface area contributed by atoms with E-state index in [2.05, 4.69) is 21.2 Å². The fourth-order valence-corrected chi connectivity index (χ4v) is 1.81. The maximum Gasteiger partial charge on any atom is 0.411 e. The van der Waals surface area contributed by atoms with Gasteiger partial charge in [0.1, 0.15) is 0 Å². The zero-order valence-corrected chi connectivity index (χ0v) is 11.3. The van der Waals surface area contributed by atoms with E-state index in [1.54, 1.807) is 0 Å². The summed E-state index contributed by atoms with van der Waals surface area (Å²) in [4.78, 5) is 11.4. The van der Waals surface area contributed by atoms with Crippen molar-refractivity contribution in [1.82, 2.24) is 0 Å². The number of anilines is 1. The van der Waals surface area contributed by atoms with Gasteiger partial charge < -0.3 is 4.74 Å². The van der Waals surface area contributed by atoms with Crippen LogP contribution < -0.4 is 5.32 Å². The maximum absolute atomic E-state index is 11.4. The summed E-state index contributed by atoms with van der Waals surface area (Å²) in [6.07, 6.45) is -0.411. The largest absolute Gasteiger partial charge is 0.449 e. The van der Waals surface area contributed by atoms with Gasteiger partial charge >= 0.3 is 6.09 Å². The Morgan fingerprint density at radius 3 is 2.69 bits per heavy atom. The van der Waals surface area contributed by atoms with Crippen molar-refractivity contribution in [3.05, 3.63) is 28.2 Å². The van der Waals surface area contributed by atoms with Gasteiger partial charge in [0, 0.05) is 10.2 Å². The van der Waals surface area contributed by atoms with Gasteiger partial charge in [-0.3, -0.25) is 5.32 Å². The molecule has 0 aromatic heterocycles. The summed E-state index contributed by atoms with van der Waals surface area (Å²) in [6, 6.07) is 5.70. The summed E-state index contributed by atoms with van der Waals surface area (Å²) in [5.74, 6) is 0.343. The molecule has 1 N–H and O–H groups in total. The van der Waals surface area contributed by atoms with Gasteiger partial charge in [-0.15, -0.1) is 0 Å². The minimum absolute atomic E-state index is 0.343. The molecule has 1 amide bonds. The molecule has 0 saturated carbocycles. The van der Waals surface area contributed by atoms with Crippen LogP contribution in [-0.4, -0.2) is 12.7 Å². The highest BCUT2D eigenvalue weighted by Gasteiger charge is 2.05. The summed E-state index contributed by atoms with van der Waals surface area (Å²) in [5.41, 5.74) is 1.81. The number of nitrogens with one attached hydrogen (secondary N) is 1. The van der Waals surface area contributed by atoms with Crippen molar-refractivity contribution in [3.8, 4) is 0 Å². The second-order valence-electron chi connectivity index (χ2n) is 4.13. The second kappa shape index (κ2) is 5.89. The number of hydrogen-bond donors (Lipinski definition) is 1.